The summed E-state index contributed by atoms with van der Waals surface area (Å²) in [4.78, 5) is 23.3. The van der Waals surface area contributed by atoms with Crippen molar-refractivity contribution < 1.29 is 13.2 Å². The van der Waals surface area contributed by atoms with E-state index in [0.29, 0.717) is 17.0 Å². The molecular formula is C36H32N4O3S. The highest BCUT2D eigenvalue weighted by molar-refractivity contribution is 7.90. The zero-order chi connectivity index (χ0) is 30.1. The lowest BCUT2D eigenvalue weighted by Crippen LogP contribution is -2.30. The van der Waals surface area contributed by atoms with Crippen LogP contribution >= 0.6 is 0 Å². The fraction of sp³-hybridized carbons (Fsp3) is 0.167. The number of likely N-dealkylation sites (tertiary alicyclic amines) is 1. The van der Waals surface area contributed by atoms with Crippen molar-refractivity contribution in [2.24, 2.45) is 0 Å². The van der Waals surface area contributed by atoms with Gasteiger partial charge in [-0.15, -0.1) is 0 Å². The molecule has 7 rings (SSSR count). The zero-order valence-electron chi connectivity index (χ0n) is 24.2. The highest BCUT2D eigenvalue weighted by Crippen LogP contribution is 2.41. The SMILES string of the molecule is O=C(CN1CCCC1)Nc1ccc(-c2cnc3[nH]c4ccc(CS(=O)(=O)c5ccccc5)cc4c3c2-c2ccccc2)cc1. The molecule has 1 amide bonds. The Kier molecular flexibility index (Phi) is 7.46. The molecule has 0 unspecified atom stereocenters. The minimum atomic E-state index is -3.51. The third kappa shape index (κ3) is 5.62. The number of carbonyl (C=O) groups is 1. The van der Waals surface area contributed by atoms with Crippen molar-refractivity contribution in [3.05, 3.63) is 115 Å². The highest BCUT2D eigenvalue weighted by atomic mass is 32.2. The van der Waals surface area contributed by atoms with Gasteiger partial charge < -0.3 is 10.3 Å². The second-order valence-corrected chi connectivity index (χ2v) is 13.3. The number of hydrogen-bond donors (Lipinski definition) is 2. The van der Waals surface area contributed by atoms with Gasteiger partial charge in [-0.05, 0) is 79.0 Å². The number of nitrogens with zero attached hydrogens (tertiary/aromatic N) is 2. The number of fused-ring (bicyclic) bond motifs is 3. The number of anilines is 1. The maximum absolute atomic E-state index is 13.2. The maximum atomic E-state index is 13.2. The summed E-state index contributed by atoms with van der Waals surface area (Å²) in [5, 5.41) is 4.88. The van der Waals surface area contributed by atoms with Crippen molar-refractivity contribution in [3.8, 4) is 22.3 Å². The van der Waals surface area contributed by atoms with E-state index in [1.54, 1.807) is 24.3 Å². The third-order valence-electron chi connectivity index (χ3n) is 8.25. The largest absolute Gasteiger partial charge is 0.339 e. The molecule has 1 fully saturated rings. The van der Waals surface area contributed by atoms with Crippen LogP contribution in [0.5, 0.6) is 0 Å². The fourth-order valence-corrected chi connectivity index (χ4v) is 7.48. The standard InChI is InChI=1S/C36H32N4O3S/c41-33(23-40-19-7-8-20-40)38-28-16-14-26(15-17-28)31-22-37-36-35(34(31)27-9-3-1-4-10-27)30-21-25(13-18-32(30)39-36)24-44(42,43)29-11-5-2-6-12-29/h1-6,9-18,21-22H,7-8,19-20,23-24H2,(H,37,39)(H,38,41). The average Bonchev–Trinajstić information content (AvgIpc) is 3.69. The number of hydrogen-bond acceptors (Lipinski definition) is 5. The Morgan fingerprint density at radius 1 is 0.841 bits per heavy atom. The number of aromatic nitrogens is 2. The normalized spacial score (nSPS) is 13.9. The van der Waals surface area contributed by atoms with Crippen LogP contribution in [0.2, 0.25) is 0 Å². The van der Waals surface area contributed by atoms with Crippen molar-refractivity contribution in [1.82, 2.24) is 14.9 Å². The Morgan fingerprint density at radius 3 is 2.27 bits per heavy atom. The van der Waals surface area contributed by atoms with Crippen molar-refractivity contribution in [2.75, 3.05) is 25.0 Å². The molecule has 0 spiro atoms. The summed E-state index contributed by atoms with van der Waals surface area (Å²) in [6, 6.07) is 32.3. The van der Waals surface area contributed by atoms with Crippen LogP contribution in [0.1, 0.15) is 18.4 Å². The van der Waals surface area contributed by atoms with Crippen LogP contribution in [-0.4, -0.2) is 48.8 Å². The van der Waals surface area contributed by atoms with Crippen LogP contribution in [-0.2, 0) is 20.4 Å². The predicted molar refractivity (Wildman–Crippen MR) is 176 cm³/mol. The Bertz CT molecular complexity index is 2070. The minimum Gasteiger partial charge on any atom is -0.339 e. The molecule has 0 aliphatic carbocycles. The monoisotopic (exact) mass is 600 g/mol. The molecule has 7 nitrogen and oxygen atoms in total. The second kappa shape index (κ2) is 11.7. The summed E-state index contributed by atoms with van der Waals surface area (Å²) in [5.74, 6) is -0.102. The van der Waals surface area contributed by atoms with E-state index in [0.717, 1.165) is 75.8 Å². The summed E-state index contributed by atoms with van der Waals surface area (Å²) in [6.07, 6.45) is 4.17. The first-order valence-electron chi connectivity index (χ1n) is 14.8. The number of carbonyl (C=O) groups excluding carboxylic acids is 1. The quantitative estimate of drug-likeness (QED) is 0.195. The predicted octanol–water partition coefficient (Wildman–Crippen LogP) is 7.06. The van der Waals surface area contributed by atoms with E-state index < -0.39 is 9.84 Å². The molecule has 1 aliphatic heterocycles. The van der Waals surface area contributed by atoms with Gasteiger partial charge in [-0.1, -0.05) is 66.7 Å². The molecule has 4 aromatic carbocycles. The molecule has 0 bridgehead atoms. The van der Waals surface area contributed by atoms with E-state index in [1.807, 2.05) is 72.9 Å². The van der Waals surface area contributed by atoms with Gasteiger partial charge >= 0.3 is 0 Å². The fourth-order valence-electron chi connectivity index (χ4n) is 6.12. The summed E-state index contributed by atoms with van der Waals surface area (Å²) in [5.41, 5.74) is 7.03. The van der Waals surface area contributed by atoms with E-state index in [-0.39, 0.29) is 11.7 Å². The van der Waals surface area contributed by atoms with E-state index >= 15 is 0 Å². The van der Waals surface area contributed by atoms with Gasteiger partial charge in [0.05, 0.1) is 17.2 Å². The van der Waals surface area contributed by atoms with Crippen molar-refractivity contribution in [3.63, 3.8) is 0 Å². The van der Waals surface area contributed by atoms with Gasteiger partial charge in [0.2, 0.25) is 5.91 Å². The first kappa shape index (κ1) is 28.0. The Morgan fingerprint density at radius 2 is 1.55 bits per heavy atom. The lowest BCUT2D eigenvalue weighted by atomic mass is 9.92. The summed E-state index contributed by atoms with van der Waals surface area (Å²) >= 11 is 0. The molecule has 2 N–H and O–H groups in total. The number of pyridine rings is 1. The molecule has 0 saturated carbocycles. The van der Waals surface area contributed by atoms with Crippen LogP contribution in [0.4, 0.5) is 5.69 Å². The van der Waals surface area contributed by atoms with Crippen molar-refractivity contribution >= 4 is 43.4 Å². The van der Waals surface area contributed by atoms with Gasteiger partial charge in [0, 0.05) is 39.3 Å². The molecule has 44 heavy (non-hydrogen) atoms. The van der Waals surface area contributed by atoms with Crippen molar-refractivity contribution in [2.45, 2.75) is 23.5 Å². The summed E-state index contributed by atoms with van der Waals surface area (Å²) < 4.78 is 26.4. The van der Waals surface area contributed by atoms with Gasteiger partial charge in [0.15, 0.2) is 9.84 Å². The van der Waals surface area contributed by atoms with Crippen molar-refractivity contribution in [1.29, 1.82) is 0 Å². The number of rotatable bonds is 8. The van der Waals surface area contributed by atoms with E-state index in [4.69, 9.17) is 4.98 Å². The van der Waals surface area contributed by atoms with Gasteiger partial charge in [-0.25, -0.2) is 13.4 Å². The maximum Gasteiger partial charge on any atom is 0.238 e. The number of aromatic amines is 1. The lowest BCUT2D eigenvalue weighted by molar-refractivity contribution is -0.117. The Labute approximate surface area is 256 Å². The van der Waals surface area contributed by atoms with E-state index in [1.165, 1.54) is 0 Å². The number of nitrogens with one attached hydrogen (secondary N) is 2. The van der Waals surface area contributed by atoms with Gasteiger partial charge in [0.25, 0.3) is 0 Å². The molecule has 8 heteroatoms. The molecule has 6 aromatic rings. The molecule has 0 atom stereocenters. The zero-order valence-corrected chi connectivity index (χ0v) is 25.0. The molecule has 1 aliphatic rings. The van der Waals surface area contributed by atoms with Gasteiger partial charge in [-0.2, -0.15) is 0 Å². The van der Waals surface area contributed by atoms with Crippen LogP contribution in [0.15, 0.2) is 114 Å². The lowest BCUT2D eigenvalue weighted by Gasteiger charge is -2.15. The molecule has 220 valence electrons. The Hall–Kier alpha value is -4.79. The smallest absolute Gasteiger partial charge is 0.238 e. The molecule has 3 heterocycles. The molecular weight excluding hydrogens is 568 g/mol. The topological polar surface area (TPSA) is 95.2 Å². The second-order valence-electron chi connectivity index (χ2n) is 11.3. The molecule has 2 aromatic heterocycles. The number of amides is 1. The Balaban J connectivity index is 1.29. The van der Waals surface area contributed by atoms with E-state index in [2.05, 4.69) is 27.3 Å². The van der Waals surface area contributed by atoms with Crippen LogP contribution < -0.4 is 5.32 Å². The first-order valence-corrected chi connectivity index (χ1v) is 16.5. The summed E-state index contributed by atoms with van der Waals surface area (Å²) in [7, 11) is -3.51. The minimum absolute atomic E-state index is 0.00316. The number of sulfone groups is 1. The van der Waals surface area contributed by atoms with Gasteiger partial charge in [0.1, 0.15) is 5.65 Å². The third-order valence-corrected chi connectivity index (χ3v) is 9.96. The van der Waals surface area contributed by atoms with E-state index in [9.17, 15) is 13.2 Å². The van der Waals surface area contributed by atoms with Gasteiger partial charge in [-0.3, -0.25) is 9.69 Å². The molecule has 0 radical (unpaired) electrons. The van der Waals surface area contributed by atoms with Crippen LogP contribution in [0, 0.1) is 0 Å². The highest BCUT2D eigenvalue weighted by Gasteiger charge is 2.20. The first-order chi connectivity index (χ1) is 21.4. The molecule has 1 saturated heterocycles. The number of benzene rings is 4. The average molecular weight is 601 g/mol. The number of H-pyrrole nitrogens is 1. The summed E-state index contributed by atoms with van der Waals surface area (Å²) in [6.45, 7) is 2.36. The van der Waals surface area contributed by atoms with Crippen LogP contribution in [0.3, 0.4) is 0 Å². The van der Waals surface area contributed by atoms with Crippen LogP contribution in [0.25, 0.3) is 44.2 Å².